The van der Waals surface area contributed by atoms with Crippen molar-refractivity contribution >= 4 is 23.8 Å². The van der Waals surface area contributed by atoms with Gasteiger partial charge in [-0.15, -0.1) is 0 Å². The Balaban J connectivity index is 2.43. The Morgan fingerprint density at radius 2 is 1.61 bits per heavy atom. The van der Waals surface area contributed by atoms with Crippen molar-refractivity contribution in [1.82, 2.24) is 15.5 Å². The van der Waals surface area contributed by atoms with E-state index >= 15 is 0 Å². The number of ether oxygens (including phenoxy) is 1. The first kappa shape index (κ1) is 30.3. The van der Waals surface area contributed by atoms with Crippen LogP contribution in [-0.2, 0) is 25.7 Å². The lowest BCUT2D eigenvalue weighted by molar-refractivity contribution is -0.142. The van der Waals surface area contributed by atoms with Gasteiger partial charge in [-0.05, 0) is 59.1 Å². The van der Waals surface area contributed by atoms with Crippen LogP contribution in [0.1, 0.15) is 68.8 Å². The molecule has 4 amide bonds. The average molecular weight is 525 g/mol. The van der Waals surface area contributed by atoms with Crippen LogP contribution in [0.15, 0.2) is 48.5 Å². The third-order valence-electron chi connectivity index (χ3n) is 5.72. The standard InChI is InChI=1S/C29H40N4O5/c1-7-33(27(36)23(13-14-24(30)34)32-28(37)38-29(4,5)6)25(22-16-19(2)15-20(3)17-22)26(35)31-18-21-11-9-8-10-12-21/h8-12,15-17,23,25H,7,13-14,18H2,1-6H3,(H2,30,34)(H,31,35)(H,32,37). The zero-order chi connectivity index (χ0) is 28.5. The lowest BCUT2D eigenvalue weighted by atomic mass is 9.98. The van der Waals surface area contributed by atoms with Gasteiger partial charge < -0.3 is 26.0 Å². The summed E-state index contributed by atoms with van der Waals surface area (Å²) in [5, 5.41) is 5.53. The van der Waals surface area contributed by atoms with E-state index in [2.05, 4.69) is 10.6 Å². The summed E-state index contributed by atoms with van der Waals surface area (Å²) in [5.41, 5.74) is 8.01. The zero-order valence-corrected chi connectivity index (χ0v) is 23.2. The third kappa shape index (κ3) is 9.53. The number of nitrogens with zero attached hydrogens (tertiary/aromatic N) is 1. The topological polar surface area (TPSA) is 131 Å². The maximum atomic E-state index is 13.9. The number of benzene rings is 2. The Hall–Kier alpha value is -3.88. The summed E-state index contributed by atoms with van der Waals surface area (Å²) in [6.45, 7) is 11.2. The van der Waals surface area contributed by atoms with Gasteiger partial charge in [0.25, 0.3) is 0 Å². The average Bonchev–Trinajstić information content (AvgIpc) is 2.81. The monoisotopic (exact) mass is 524 g/mol. The fourth-order valence-corrected chi connectivity index (χ4v) is 4.18. The molecule has 0 spiro atoms. The van der Waals surface area contributed by atoms with Crippen LogP contribution in [0.3, 0.4) is 0 Å². The van der Waals surface area contributed by atoms with Crippen molar-refractivity contribution in [3.63, 3.8) is 0 Å². The molecule has 206 valence electrons. The molecule has 9 nitrogen and oxygen atoms in total. The van der Waals surface area contributed by atoms with E-state index in [1.165, 1.54) is 4.90 Å². The molecule has 9 heteroatoms. The van der Waals surface area contributed by atoms with Crippen LogP contribution < -0.4 is 16.4 Å². The van der Waals surface area contributed by atoms with E-state index in [1.54, 1.807) is 27.7 Å². The number of amides is 4. The van der Waals surface area contributed by atoms with Crippen molar-refractivity contribution in [3.05, 3.63) is 70.8 Å². The van der Waals surface area contributed by atoms with E-state index in [-0.39, 0.29) is 31.8 Å². The van der Waals surface area contributed by atoms with Gasteiger partial charge in [0.15, 0.2) is 0 Å². The van der Waals surface area contributed by atoms with Crippen molar-refractivity contribution in [2.45, 2.75) is 78.6 Å². The predicted octanol–water partition coefficient (Wildman–Crippen LogP) is 3.67. The van der Waals surface area contributed by atoms with Crippen LogP contribution in [0.2, 0.25) is 0 Å². The second-order valence-corrected chi connectivity index (χ2v) is 10.4. The fourth-order valence-electron chi connectivity index (χ4n) is 4.18. The van der Waals surface area contributed by atoms with Gasteiger partial charge in [-0.2, -0.15) is 0 Å². The molecule has 0 fully saturated rings. The van der Waals surface area contributed by atoms with Gasteiger partial charge in [0.2, 0.25) is 17.7 Å². The highest BCUT2D eigenvalue weighted by atomic mass is 16.6. The summed E-state index contributed by atoms with van der Waals surface area (Å²) in [4.78, 5) is 53.0. The molecular weight excluding hydrogens is 484 g/mol. The number of rotatable bonds is 11. The number of hydrogen-bond donors (Lipinski definition) is 3. The van der Waals surface area contributed by atoms with E-state index in [1.807, 2.05) is 62.4 Å². The molecule has 0 aliphatic rings. The van der Waals surface area contributed by atoms with Gasteiger partial charge in [0.1, 0.15) is 17.7 Å². The molecule has 0 bridgehead atoms. The minimum absolute atomic E-state index is 0.0326. The Morgan fingerprint density at radius 3 is 2.13 bits per heavy atom. The lowest BCUT2D eigenvalue weighted by Crippen LogP contribution is -2.53. The molecule has 4 N–H and O–H groups in total. The largest absolute Gasteiger partial charge is 0.444 e. The van der Waals surface area contributed by atoms with E-state index in [0.29, 0.717) is 5.56 Å². The molecule has 0 saturated carbocycles. The summed E-state index contributed by atoms with van der Waals surface area (Å²) in [5.74, 6) is -1.48. The minimum atomic E-state index is -1.12. The highest BCUT2D eigenvalue weighted by molar-refractivity contribution is 5.92. The molecule has 0 aromatic heterocycles. The van der Waals surface area contributed by atoms with Crippen LogP contribution in [-0.4, -0.2) is 46.9 Å². The second kappa shape index (κ2) is 13.6. The van der Waals surface area contributed by atoms with Crippen LogP contribution in [0.4, 0.5) is 4.79 Å². The van der Waals surface area contributed by atoms with Crippen LogP contribution in [0.25, 0.3) is 0 Å². The van der Waals surface area contributed by atoms with E-state index < -0.39 is 35.6 Å². The number of aryl methyl sites for hydroxylation is 2. The number of alkyl carbamates (subject to hydrolysis) is 1. The molecule has 2 unspecified atom stereocenters. The summed E-state index contributed by atoms with van der Waals surface area (Å²) in [6.07, 6.45) is -0.958. The van der Waals surface area contributed by atoms with Gasteiger partial charge in [-0.25, -0.2) is 4.79 Å². The Morgan fingerprint density at radius 1 is 1.00 bits per heavy atom. The number of nitrogens with one attached hydrogen (secondary N) is 2. The lowest BCUT2D eigenvalue weighted by Gasteiger charge is -2.34. The molecule has 2 rings (SSSR count). The van der Waals surface area contributed by atoms with Gasteiger partial charge in [-0.3, -0.25) is 14.4 Å². The molecule has 0 radical (unpaired) electrons. The van der Waals surface area contributed by atoms with E-state index in [9.17, 15) is 19.2 Å². The molecule has 2 atom stereocenters. The molecule has 0 aliphatic heterocycles. The van der Waals surface area contributed by atoms with Crippen molar-refractivity contribution < 1.29 is 23.9 Å². The van der Waals surface area contributed by atoms with Crippen LogP contribution in [0.5, 0.6) is 0 Å². The Labute approximate surface area is 225 Å². The molecule has 0 heterocycles. The number of primary amides is 1. The number of likely N-dealkylation sites (N-methyl/N-ethyl adjacent to an activating group) is 1. The van der Waals surface area contributed by atoms with E-state index in [4.69, 9.17) is 10.5 Å². The number of carbonyl (C=O) groups excluding carboxylic acids is 4. The van der Waals surface area contributed by atoms with Crippen molar-refractivity contribution in [2.24, 2.45) is 5.73 Å². The van der Waals surface area contributed by atoms with Crippen LogP contribution in [0, 0.1) is 13.8 Å². The van der Waals surface area contributed by atoms with Gasteiger partial charge in [0.05, 0.1) is 0 Å². The van der Waals surface area contributed by atoms with Gasteiger partial charge in [-0.1, -0.05) is 59.7 Å². The Kier molecular flexibility index (Phi) is 10.9. The van der Waals surface area contributed by atoms with Crippen molar-refractivity contribution in [3.8, 4) is 0 Å². The first-order chi connectivity index (χ1) is 17.8. The number of carbonyl (C=O) groups is 4. The molecule has 0 saturated heterocycles. The highest BCUT2D eigenvalue weighted by Gasteiger charge is 2.35. The highest BCUT2D eigenvalue weighted by Crippen LogP contribution is 2.25. The van der Waals surface area contributed by atoms with Gasteiger partial charge in [0, 0.05) is 19.5 Å². The number of nitrogens with two attached hydrogens (primary N) is 1. The second-order valence-electron chi connectivity index (χ2n) is 10.4. The zero-order valence-electron chi connectivity index (χ0n) is 23.2. The molecule has 2 aromatic rings. The smallest absolute Gasteiger partial charge is 0.408 e. The molecule has 0 aliphatic carbocycles. The molecule has 38 heavy (non-hydrogen) atoms. The first-order valence-corrected chi connectivity index (χ1v) is 12.8. The molecule has 2 aromatic carbocycles. The summed E-state index contributed by atoms with van der Waals surface area (Å²) < 4.78 is 5.33. The first-order valence-electron chi connectivity index (χ1n) is 12.8. The summed E-state index contributed by atoms with van der Waals surface area (Å²) in [7, 11) is 0. The normalized spacial score (nSPS) is 12.7. The summed E-state index contributed by atoms with van der Waals surface area (Å²) >= 11 is 0. The summed E-state index contributed by atoms with van der Waals surface area (Å²) in [6, 6.07) is 13.1. The molecular formula is C29H40N4O5. The number of hydrogen-bond acceptors (Lipinski definition) is 5. The van der Waals surface area contributed by atoms with Gasteiger partial charge >= 0.3 is 6.09 Å². The van der Waals surface area contributed by atoms with Crippen molar-refractivity contribution in [2.75, 3.05) is 6.54 Å². The SMILES string of the molecule is CCN(C(=O)C(CCC(N)=O)NC(=O)OC(C)(C)C)C(C(=O)NCc1ccccc1)c1cc(C)cc(C)c1. The van der Waals surface area contributed by atoms with E-state index in [0.717, 1.165) is 16.7 Å². The minimum Gasteiger partial charge on any atom is -0.444 e. The maximum absolute atomic E-state index is 13.9. The predicted molar refractivity (Wildman–Crippen MR) is 146 cm³/mol. The quantitative estimate of drug-likeness (QED) is 0.413. The third-order valence-corrected chi connectivity index (χ3v) is 5.72. The fraction of sp³-hybridized carbons (Fsp3) is 0.448. The van der Waals surface area contributed by atoms with Crippen LogP contribution >= 0.6 is 0 Å². The van der Waals surface area contributed by atoms with Crippen molar-refractivity contribution in [1.29, 1.82) is 0 Å². The Bertz CT molecular complexity index is 1110. The maximum Gasteiger partial charge on any atom is 0.408 e.